The summed E-state index contributed by atoms with van der Waals surface area (Å²) in [6.45, 7) is 1.54. The number of carbonyl (C=O) groups is 1. The molecule has 1 rings (SSSR count). The standard InChI is InChI=1S/C9H19N3O/c1-11-9(13)12-7-3-2-4-8(12)5-6-10/h8H,2-7,10H2,1H3,(H,11,13)/t8-/m0/s1. The highest BCUT2D eigenvalue weighted by molar-refractivity contribution is 5.74. The van der Waals surface area contributed by atoms with E-state index in [0.29, 0.717) is 12.6 Å². The van der Waals surface area contributed by atoms with E-state index in [1.165, 1.54) is 6.42 Å². The van der Waals surface area contributed by atoms with E-state index in [4.69, 9.17) is 5.73 Å². The maximum atomic E-state index is 11.4. The Kier molecular flexibility index (Phi) is 4.02. The lowest BCUT2D eigenvalue weighted by Crippen LogP contribution is -2.48. The normalized spacial score (nSPS) is 22.9. The fourth-order valence-electron chi connectivity index (χ4n) is 1.90. The molecule has 0 saturated carbocycles. The van der Waals surface area contributed by atoms with Gasteiger partial charge in [-0.15, -0.1) is 0 Å². The summed E-state index contributed by atoms with van der Waals surface area (Å²) in [5.74, 6) is 0. The summed E-state index contributed by atoms with van der Waals surface area (Å²) in [5, 5.41) is 2.67. The van der Waals surface area contributed by atoms with Crippen LogP contribution in [0.25, 0.3) is 0 Å². The smallest absolute Gasteiger partial charge is 0.317 e. The zero-order valence-corrected chi connectivity index (χ0v) is 8.25. The molecule has 0 aliphatic carbocycles. The van der Waals surface area contributed by atoms with Gasteiger partial charge in [-0.3, -0.25) is 0 Å². The number of hydrogen-bond donors (Lipinski definition) is 2. The Bertz CT molecular complexity index is 170. The van der Waals surface area contributed by atoms with Gasteiger partial charge < -0.3 is 16.0 Å². The number of urea groups is 1. The number of amides is 2. The molecule has 13 heavy (non-hydrogen) atoms. The molecule has 1 aliphatic heterocycles. The highest BCUT2D eigenvalue weighted by Gasteiger charge is 2.24. The molecule has 2 amide bonds. The number of nitrogens with one attached hydrogen (secondary N) is 1. The molecule has 1 aliphatic rings. The van der Waals surface area contributed by atoms with E-state index in [0.717, 1.165) is 25.8 Å². The second-order valence-corrected chi connectivity index (χ2v) is 3.48. The molecule has 1 heterocycles. The largest absolute Gasteiger partial charge is 0.341 e. The number of hydrogen-bond acceptors (Lipinski definition) is 2. The van der Waals surface area contributed by atoms with Gasteiger partial charge in [0.25, 0.3) is 0 Å². The van der Waals surface area contributed by atoms with Crippen LogP contribution < -0.4 is 11.1 Å². The molecule has 0 unspecified atom stereocenters. The van der Waals surface area contributed by atoms with E-state index in [1.807, 2.05) is 4.90 Å². The lowest BCUT2D eigenvalue weighted by Gasteiger charge is -2.35. The van der Waals surface area contributed by atoms with Crippen LogP contribution >= 0.6 is 0 Å². The maximum absolute atomic E-state index is 11.4. The van der Waals surface area contributed by atoms with Crippen molar-refractivity contribution in [1.82, 2.24) is 10.2 Å². The monoisotopic (exact) mass is 185 g/mol. The Hall–Kier alpha value is -0.770. The number of likely N-dealkylation sites (tertiary alicyclic amines) is 1. The third kappa shape index (κ3) is 2.59. The van der Waals surface area contributed by atoms with E-state index >= 15 is 0 Å². The van der Waals surface area contributed by atoms with Crippen molar-refractivity contribution in [2.24, 2.45) is 5.73 Å². The van der Waals surface area contributed by atoms with Crippen molar-refractivity contribution in [2.45, 2.75) is 31.7 Å². The molecule has 0 radical (unpaired) electrons. The predicted octanol–water partition coefficient (Wildman–Crippen LogP) is 0.529. The zero-order valence-electron chi connectivity index (χ0n) is 8.25. The van der Waals surface area contributed by atoms with Crippen LogP contribution in [0.4, 0.5) is 4.79 Å². The first-order chi connectivity index (χ1) is 6.29. The number of carbonyl (C=O) groups excluding carboxylic acids is 1. The molecule has 0 aromatic carbocycles. The molecule has 0 aromatic heterocycles. The molecule has 0 bridgehead atoms. The Balaban J connectivity index is 2.50. The van der Waals surface area contributed by atoms with Gasteiger partial charge in [-0.1, -0.05) is 0 Å². The number of piperidine rings is 1. The van der Waals surface area contributed by atoms with E-state index in [2.05, 4.69) is 5.32 Å². The van der Waals surface area contributed by atoms with Crippen molar-refractivity contribution >= 4 is 6.03 Å². The molecule has 3 N–H and O–H groups in total. The van der Waals surface area contributed by atoms with Gasteiger partial charge in [0, 0.05) is 19.6 Å². The molecule has 76 valence electrons. The first-order valence-corrected chi connectivity index (χ1v) is 4.98. The average molecular weight is 185 g/mol. The number of nitrogens with zero attached hydrogens (tertiary/aromatic N) is 1. The van der Waals surface area contributed by atoms with Gasteiger partial charge in [0.1, 0.15) is 0 Å². The minimum Gasteiger partial charge on any atom is -0.341 e. The van der Waals surface area contributed by atoms with Crippen molar-refractivity contribution in [1.29, 1.82) is 0 Å². The highest BCUT2D eigenvalue weighted by atomic mass is 16.2. The Morgan fingerprint density at radius 2 is 2.38 bits per heavy atom. The summed E-state index contributed by atoms with van der Waals surface area (Å²) < 4.78 is 0. The Morgan fingerprint density at radius 1 is 1.62 bits per heavy atom. The van der Waals surface area contributed by atoms with E-state index in [1.54, 1.807) is 7.05 Å². The first-order valence-electron chi connectivity index (χ1n) is 4.98. The summed E-state index contributed by atoms with van der Waals surface area (Å²) in [7, 11) is 1.68. The summed E-state index contributed by atoms with van der Waals surface area (Å²) in [6.07, 6.45) is 4.37. The lowest BCUT2D eigenvalue weighted by molar-refractivity contribution is 0.149. The fourth-order valence-corrected chi connectivity index (χ4v) is 1.90. The summed E-state index contributed by atoms with van der Waals surface area (Å²) >= 11 is 0. The lowest BCUT2D eigenvalue weighted by atomic mass is 10.00. The molecule has 1 saturated heterocycles. The van der Waals surface area contributed by atoms with Crippen LogP contribution in [0, 0.1) is 0 Å². The number of rotatable bonds is 2. The van der Waals surface area contributed by atoms with Gasteiger partial charge in [0.2, 0.25) is 0 Å². The van der Waals surface area contributed by atoms with E-state index < -0.39 is 0 Å². The van der Waals surface area contributed by atoms with Gasteiger partial charge in [-0.05, 0) is 32.2 Å². The SMILES string of the molecule is CNC(=O)N1CCCC[C@H]1CCN. The second kappa shape index (κ2) is 5.07. The molecular formula is C9H19N3O. The maximum Gasteiger partial charge on any atom is 0.317 e. The number of nitrogens with two attached hydrogens (primary N) is 1. The highest BCUT2D eigenvalue weighted by Crippen LogP contribution is 2.18. The van der Waals surface area contributed by atoms with Crippen LogP contribution in [-0.4, -0.2) is 37.1 Å². The summed E-state index contributed by atoms with van der Waals surface area (Å²) in [6, 6.07) is 0.400. The minimum absolute atomic E-state index is 0.0400. The minimum atomic E-state index is 0.0400. The van der Waals surface area contributed by atoms with Crippen LogP contribution in [0.2, 0.25) is 0 Å². The Morgan fingerprint density at radius 3 is 3.00 bits per heavy atom. The van der Waals surface area contributed by atoms with Crippen molar-refractivity contribution in [3.8, 4) is 0 Å². The molecule has 0 aromatic rings. The first kappa shape index (κ1) is 10.3. The third-order valence-corrected chi connectivity index (χ3v) is 2.60. The molecule has 0 spiro atoms. The fraction of sp³-hybridized carbons (Fsp3) is 0.889. The van der Waals surface area contributed by atoms with Crippen LogP contribution in [0.1, 0.15) is 25.7 Å². The van der Waals surface area contributed by atoms with Crippen LogP contribution in [0.15, 0.2) is 0 Å². The average Bonchev–Trinajstić information content (AvgIpc) is 2.18. The summed E-state index contributed by atoms with van der Waals surface area (Å²) in [4.78, 5) is 13.3. The van der Waals surface area contributed by atoms with Crippen molar-refractivity contribution in [2.75, 3.05) is 20.1 Å². The summed E-state index contributed by atoms with van der Waals surface area (Å²) in [5.41, 5.74) is 5.50. The van der Waals surface area contributed by atoms with Crippen LogP contribution in [-0.2, 0) is 0 Å². The van der Waals surface area contributed by atoms with Gasteiger partial charge in [0.05, 0.1) is 0 Å². The van der Waals surface area contributed by atoms with E-state index in [-0.39, 0.29) is 6.03 Å². The van der Waals surface area contributed by atoms with Gasteiger partial charge in [0.15, 0.2) is 0 Å². The van der Waals surface area contributed by atoms with E-state index in [9.17, 15) is 4.79 Å². The van der Waals surface area contributed by atoms with Crippen molar-refractivity contribution in [3.63, 3.8) is 0 Å². The molecule has 1 fully saturated rings. The van der Waals surface area contributed by atoms with Crippen molar-refractivity contribution < 1.29 is 4.79 Å². The molecule has 4 heteroatoms. The second-order valence-electron chi connectivity index (χ2n) is 3.48. The molecule has 1 atom stereocenters. The quantitative estimate of drug-likeness (QED) is 0.659. The van der Waals surface area contributed by atoms with Crippen molar-refractivity contribution in [3.05, 3.63) is 0 Å². The van der Waals surface area contributed by atoms with Gasteiger partial charge in [-0.2, -0.15) is 0 Å². The van der Waals surface area contributed by atoms with Crippen LogP contribution in [0.3, 0.4) is 0 Å². The van der Waals surface area contributed by atoms with Gasteiger partial charge >= 0.3 is 6.03 Å². The Labute approximate surface area is 79.5 Å². The molecular weight excluding hydrogens is 166 g/mol. The topological polar surface area (TPSA) is 58.4 Å². The molecule has 4 nitrogen and oxygen atoms in total. The predicted molar refractivity (Wildman–Crippen MR) is 52.5 cm³/mol. The van der Waals surface area contributed by atoms with Gasteiger partial charge in [-0.25, -0.2) is 4.79 Å². The zero-order chi connectivity index (χ0) is 9.68. The third-order valence-electron chi connectivity index (χ3n) is 2.60. The van der Waals surface area contributed by atoms with Crippen LogP contribution in [0.5, 0.6) is 0 Å².